The topological polar surface area (TPSA) is 9.23 Å². The van der Waals surface area contributed by atoms with Crippen molar-refractivity contribution in [3.05, 3.63) is 100 Å². The molecular formula is C35H42F2O. The van der Waals surface area contributed by atoms with Gasteiger partial charge in [0.1, 0.15) is 6.61 Å². The molecule has 0 saturated heterocycles. The summed E-state index contributed by atoms with van der Waals surface area (Å²) in [6.45, 7) is 4.43. The summed E-state index contributed by atoms with van der Waals surface area (Å²) in [5, 5.41) is 0. The van der Waals surface area contributed by atoms with Crippen molar-refractivity contribution in [1.29, 1.82) is 0 Å². The maximum absolute atomic E-state index is 14.4. The average Bonchev–Trinajstić information content (AvgIpc) is 2.95. The van der Waals surface area contributed by atoms with Gasteiger partial charge in [0.25, 0.3) is 0 Å². The molecule has 2 saturated carbocycles. The monoisotopic (exact) mass is 516 g/mol. The fourth-order valence-corrected chi connectivity index (χ4v) is 6.93. The third-order valence-electron chi connectivity index (χ3n) is 9.09. The maximum atomic E-state index is 14.4. The van der Waals surface area contributed by atoms with Gasteiger partial charge >= 0.3 is 0 Å². The summed E-state index contributed by atoms with van der Waals surface area (Å²) in [7, 11) is 0. The van der Waals surface area contributed by atoms with Crippen LogP contribution in [0, 0.1) is 23.5 Å². The van der Waals surface area contributed by atoms with Gasteiger partial charge < -0.3 is 4.74 Å². The van der Waals surface area contributed by atoms with Crippen molar-refractivity contribution in [3.63, 3.8) is 0 Å². The molecule has 2 aliphatic carbocycles. The minimum absolute atomic E-state index is 0.0164. The summed E-state index contributed by atoms with van der Waals surface area (Å²) in [6, 6.07) is 21.2. The molecule has 2 fully saturated rings. The number of aryl methyl sites for hydroxylation is 2. The Balaban J connectivity index is 1.14. The lowest BCUT2D eigenvalue weighted by Gasteiger charge is -2.42. The zero-order chi connectivity index (χ0) is 26.5. The van der Waals surface area contributed by atoms with E-state index in [4.69, 9.17) is 4.74 Å². The fourth-order valence-electron chi connectivity index (χ4n) is 6.93. The predicted octanol–water partition coefficient (Wildman–Crippen LogP) is 9.92. The highest BCUT2D eigenvalue weighted by atomic mass is 19.2. The lowest BCUT2D eigenvalue weighted by molar-refractivity contribution is 0.141. The minimum Gasteiger partial charge on any atom is -0.486 e. The van der Waals surface area contributed by atoms with Gasteiger partial charge in [0.15, 0.2) is 11.6 Å². The first-order valence-corrected chi connectivity index (χ1v) is 14.8. The van der Waals surface area contributed by atoms with Gasteiger partial charge in [0.05, 0.1) is 0 Å². The molecule has 0 bridgehead atoms. The highest BCUT2D eigenvalue weighted by molar-refractivity contribution is 5.32. The summed E-state index contributed by atoms with van der Waals surface area (Å²) < 4.78 is 34.3. The number of hydrogen-bond acceptors (Lipinski definition) is 1. The smallest absolute Gasteiger partial charge is 0.200 e. The Hall–Kier alpha value is -2.68. The number of hydrogen-bond donors (Lipinski definition) is 0. The van der Waals surface area contributed by atoms with Crippen molar-refractivity contribution < 1.29 is 13.5 Å². The van der Waals surface area contributed by atoms with E-state index in [1.165, 1.54) is 62.5 Å². The van der Waals surface area contributed by atoms with Crippen molar-refractivity contribution in [1.82, 2.24) is 0 Å². The van der Waals surface area contributed by atoms with E-state index in [0.717, 1.165) is 29.7 Å². The summed E-state index contributed by atoms with van der Waals surface area (Å²) >= 11 is 0. The highest BCUT2D eigenvalue weighted by Crippen LogP contribution is 2.49. The third-order valence-corrected chi connectivity index (χ3v) is 9.09. The summed E-state index contributed by atoms with van der Waals surface area (Å²) in [5.74, 6) is 1.35. The van der Waals surface area contributed by atoms with Crippen molar-refractivity contribution in [3.8, 4) is 5.75 Å². The third kappa shape index (κ3) is 6.14. The van der Waals surface area contributed by atoms with Gasteiger partial charge in [0.2, 0.25) is 5.82 Å². The molecule has 0 heterocycles. The molecule has 0 aromatic heterocycles. The second kappa shape index (κ2) is 12.5. The van der Waals surface area contributed by atoms with E-state index in [0.29, 0.717) is 17.9 Å². The molecule has 202 valence electrons. The second-order valence-electron chi connectivity index (χ2n) is 11.7. The summed E-state index contributed by atoms with van der Waals surface area (Å²) in [5.41, 5.74) is 5.80. The average molecular weight is 517 g/mol. The number of halogens is 2. The van der Waals surface area contributed by atoms with Gasteiger partial charge in [-0.25, -0.2) is 4.39 Å². The van der Waals surface area contributed by atoms with E-state index in [9.17, 15) is 8.78 Å². The molecule has 0 N–H and O–H groups in total. The summed E-state index contributed by atoms with van der Waals surface area (Å²) in [6.07, 6.45) is 11.6. The standard InChI is InChI=1S/C35H42F2O/c1-3-5-24-7-11-26(12-8-24)29-15-17-32-22-30(16-18-31(32)21-29)27-13-9-25(10-14-27)23-38-33-20-19-28(6-4-2)34(36)35(33)37/h7-14,19-20,29-32H,3-6,15-18,21-23H2,1-2H3. The first kappa shape index (κ1) is 26.9. The van der Waals surface area contributed by atoms with Gasteiger partial charge in [-0.1, -0.05) is 81.3 Å². The van der Waals surface area contributed by atoms with E-state index in [1.54, 1.807) is 17.7 Å². The van der Waals surface area contributed by atoms with Gasteiger partial charge in [-0.2, -0.15) is 4.39 Å². The molecule has 2 aliphatic rings. The van der Waals surface area contributed by atoms with Gasteiger partial charge in [-0.15, -0.1) is 0 Å². The van der Waals surface area contributed by atoms with Crippen LogP contribution in [-0.4, -0.2) is 0 Å². The SMILES string of the molecule is CCCc1ccc(C2CCC3CC(c4ccc(COc5ccc(CCC)c(F)c5F)cc4)CCC3C2)cc1. The van der Waals surface area contributed by atoms with Crippen LogP contribution in [0.25, 0.3) is 0 Å². The Kier molecular flexibility index (Phi) is 8.82. The molecule has 4 atom stereocenters. The van der Waals surface area contributed by atoms with Crippen LogP contribution in [0.15, 0.2) is 60.7 Å². The van der Waals surface area contributed by atoms with E-state index in [2.05, 4.69) is 55.5 Å². The van der Waals surface area contributed by atoms with Crippen molar-refractivity contribution in [2.75, 3.05) is 0 Å². The molecule has 3 heteroatoms. The molecule has 1 nitrogen and oxygen atoms in total. The van der Waals surface area contributed by atoms with Crippen LogP contribution >= 0.6 is 0 Å². The number of rotatable bonds is 9. The van der Waals surface area contributed by atoms with Gasteiger partial charge in [0, 0.05) is 0 Å². The van der Waals surface area contributed by atoms with Crippen LogP contribution in [0.4, 0.5) is 8.78 Å². The molecule has 38 heavy (non-hydrogen) atoms. The van der Waals surface area contributed by atoms with Crippen molar-refractivity contribution in [2.45, 2.75) is 96.5 Å². The Morgan fingerprint density at radius 3 is 1.74 bits per heavy atom. The normalized spacial score (nSPS) is 23.2. The number of fused-ring (bicyclic) bond motifs is 1. The van der Waals surface area contributed by atoms with Crippen molar-refractivity contribution in [2.24, 2.45) is 11.8 Å². The zero-order valence-corrected chi connectivity index (χ0v) is 23.0. The van der Waals surface area contributed by atoms with Crippen LogP contribution in [0.5, 0.6) is 5.75 Å². The molecule has 0 amide bonds. The van der Waals surface area contributed by atoms with E-state index >= 15 is 0 Å². The Bertz CT molecular complexity index is 1180. The van der Waals surface area contributed by atoms with Gasteiger partial charge in [-0.3, -0.25) is 0 Å². The highest BCUT2D eigenvalue weighted by Gasteiger charge is 2.36. The van der Waals surface area contributed by atoms with E-state index in [1.807, 2.05) is 6.92 Å². The Labute approximate surface area is 227 Å². The summed E-state index contributed by atoms with van der Waals surface area (Å²) in [4.78, 5) is 0. The first-order chi connectivity index (χ1) is 18.6. The molecule has 3 aromatic rings. The quantitative estimate of drug-likeness (QED) is 0.275. The van der Waals surface area contributed by atoms with Crippen molar-refractivity contribution >= 4 is 0 Å². The second-order valence-corrected chi connectivity index (χ2v) is 11.7. The zero-order valence-electron chi connectivity index (χ0n) is 23.0. The van der Waals surface area contributed by atoms with Crippen LogP contribution in [0.1, 0.15) is 105 Å². The fraction of sp³-hybridized carbons (Fsp3) is 0.486. The van der Waals surface area contributed by atoms with Crippen LogP contribution in [0.2, 0.25) is 0 Å². The van der Waals surface area contributed by atoms with E-state index < -0.39 is 11.6 Å². The molecule has 5 rings (SSSR count). The molecular weight excluding hydrogens is 474 g/mol. The van der Waals surface area contributed by atoms with Crippen LogP contribution in [0.3, 0.4) is 0 Å². The Morgan fingerprint density at radius 1 is 0.632 bits per heavy atom. The molecule has 0 aliphatic heterocycles. The molecule has 4 unspecified atom stereocenters. The lowest BCUT2D eigenvalue weighted by Crippen LogP contribution is -2.29. The predicted molar refractivity (Wildman–Crippen MR) is 152 cm³/mol. The first-order valence-electron chi connectivity index (χ1n) is 14.8. The largest absolute Gasteiger partial charge is 0.486 e. The minimum atomic E-state index is -0.882. The maximum Gasteiger partial charge on any atom is 0.200 e. The van der Waals surface area contributed by atoms with Crippen LogP contribution < -0.4 is 4.74 Å². The van der Waals surface area contributed by atoms with Gasteiger partial charge in [-0.05, 0) is 109 Å². The molecule has 3 aromatic carbocycles. The number of ether oxygens (including phenoxy) is 1. The van der Waals surface area contributed by atoms with E-state index in [-0.39, 0.29) is 12.4 Å². The molecule has 0 spiro atoms. The Morgan fingerprint density at radius 2 is 1.18 bits per heavy atom. The number of benzene rings is 3. The van der Waals surface area contributed by atoms with Crippen LogP contribution in [-0.2, 0) is 19.4 Å². The lowest BCUT2D eigenvalue weighted by atomic mass is 9.63. The molecule has 0 radical (unpaired) electrons.